The molecule has 0 aliphatic carbocycles. The summed E-state index contributed by atoms with van der Waals surface area (Å²) in [6.07, 6.45) is 6.06. The molecule has 0 bridgehead atoms. The van der Waals surface area contributed by atoms with Crippen molar-refractivity contribution in [2.45, 2.75) is 52.1 Å². The van der Waals surface area contributed by atoms with Gasteiger partial charge in [-0.2, -0.15) is 0 Å². The van der Waals surface area contributed by atoms with Gasteiger partial charge in [0.05, 0.1) is 25.9 Å². The summed E-state index contributed by atoms with van der Waals surface area (Å²) in [7, 11) is 0. The monoisotopic (exact) mass is 457 g/mol. The van der Waals surface area contributed by atoms with Crippen LogP contribution in [0.1, 0.15) is 46.0 Å². The summed E-state index contributed by atoms with van der Waals surface area (Å²) in [5.74, 6) is 0.855. The molecule has 6 nitrogen and oxygen atoms in total. The predicted octanol–water partition coefficient (Wildman–Crippen LogP) is 2.56. The Morgan fingerprint density at radius 3 is 2.58 bits per heavy atom. The topological polar surface area (TPSA) is 64.1 Å². The van der Waals surface area contributed by atoms with Gasteiger partial charge in [0.2, 0.25) is 0 Å². The van der Waals surface area contributed by atoms with Crippen molar-refractivity contribution in [1.29, 1.82) is 0 Å². The molecule has 0 spiro atoms. The van der Waals surface area contributed by atoms with Crippen molar-refractivity contribution in [2.75, 3.05) is 52.7 Å². The normalized spacial score (nSPS) is 17.6. The minimum atomic E-state index is 0. The molecule has 0 aromatic carbocycles. The van der Waals surface area contributed by atoms with Gasteiger partial charge in [0, 0.05) is 32.8 Å². The number of nitrogens with one attached hydrogen (secondary N) is 2. The number of hydrogen-bond donors (Lipinski definition) is 2. The Hall–Kier alpha value is -0.120. The lowest BCUT2D eigenvalue weighted by molar-refractivity contribution is 0.0487. The van der Waals surface area contributed by atoms with Crippen LogP contribution in [0.2, 0.25) is 0 Å². The van der Waals surface area contributed by atoms with Gasteiger partial charge in [0.15, 0.2) is 5.96 Å². The molecule has 1 unspecified atom stereocenters. The third-order valence-corrected chi connectivity index (χ3v) is 3.64. The number of unbranched alkanes of at least 4 members (excludes halogenated alkanes) is 1. The average Bonchev–Trinajstić information content (AvgIpc) is 3.06. The predicted molar refractivity (Wildman–Crippen MR) is 110 cm³/mol. The summed E-state index contributed by atoms with van der Waals surface area (Å²) >= 11 is 0. The third-order valence-electron chi connectivity index (χ3n) is 3.64. The second-order valence-corrected chi connectivity index (χ2v) is 5.69. The fourth-order valence-electron chi connectivity index (χ4n) is 2.34. The average molecular weight is 457 g/mol. The number of guanidine groups is 1. The van der Waals surface area contributed by atoms with Crippen LogP contribution in [0.3, 0.4) is 0 Å². The molecule has 24 heavy (non-hydrogen) atoms. The first-order valence-electron chi connectivity index (χ1n) is 9.16. The first-order chi connectivity index (χ1) is 11.4. The molecule has 0 saturated carbocycles. The van der Waals surface area contributed by atoms with Crippen molar-refractivity contribution in [1.82, 2.24) is 10.6 Å². The van der Waals surface area contributed by atoms with Crippen LogP contribution in [0.15, 0.2) is 4.99 Å². The molecule has 1 atom stereocenters. The molecule has 0 aromatic rings. The van der Waals surface area contributed by atoms with Crippen LogP contribution in [0, 0.1) is 0 Å². The molecule has 1 saturated heterocycles. The zero-order valence-electron chi connectivity index (χ0n) is 15.3. The van der Waals surface area contributed by atoms with Gasteiger partial charge in [-0.05, 0) is 32.6 Å². The number of halogens is 1. The first-order valence-corrected chi connectivity index (χ1v) is 9.16. The highest BCUT2D eigenvalue weighted by Gasteiger charge is 2.14. The Morgan fingerprint density at radius 1 is 1.12 bits per heavy atom. The van der Waals surface area contributed by atoms with Gasteiger partial charge >= 0.3 is 0 Å². The van der Waals surface area contributed by atoms with Crippen molar-refractivity contribution in [3.05, 3.63) is 0 Å². The number of rotatable bonds is 13. The van der Waals surface area contributed by atoms with Gasteiger partial charge in [-0.3, -0.25) is 4.99 Å². The highest BCUT2D eigenvalue weighted by molar-refractivity contribution is 14.0. The van der Waals surface area contributed by atoms with Crippen LogP contribution in [-0.4, -0.2) is 64.7 Å². The molecule has 1 aliphatic heterocycles. The zero-order chi connectivity index (χ0) is 16.6. The lowest BCUT2D eigenvalue weighted by atomic mass is 10.2. The van der Waals surface area contributed by atoms with Gasteiger partial charge in [0.25, 0.3) is 0 Å². The molecule has 2 N–H and O–H groups in total. The zero-order valence-corrected chi connectivity index (χ0v) is 17.7. The SMILES string of the molecule is CCCCOCCOCCNC(=NCCC1CCCO1)NCC.I. The molecule has 144 valence electrons. The van der Waals surface area contributed by atoms with Gasteiger partial charge in [0.1, 0.15) is 0 Å². The largest absolute Gasteiger partial charge is 0.379 e. The number of nitrogens with zero attached hydrogens (tertiary/aromatic N) is 1. The second kappa shape index (κ2) is 17.7. The van der Waals surface area contributed by atoms with E-state index >= 15 is 0 Å². The molecule has 0 amide bonds. The molecule has 1 heterocycles. The summed E-state index contributed by atoms with van der Waals surface area (Å²) < 4.78 is 16.6. The molecule has 0 aromatic heterocycles. The minimum Gasteiger partial charge on any atom is -0.379 e. The van der Waals surface area contributed by atoms with E-state index in [1.54, 1.807) is 0 Å². The van der Waals surface area contributed by atoms with Crippen LogP contribution in [0.4, 0.5) is 0 Å². The van der Waals surface area contributed by atoms with E-state index in [9.17, 15) is 0 Å². The van der Waals surface area contributed by atoms with E-state index in [-0.39, 0.29) is 24.0 Å². The maximum atomic E-state index is 5.61. The highest BCUT2D eigenvalue weighted by atomic mass is 127. The molecule has 1 aliphatic rings. The van der Waals surface area contributed by atoms with E-state index in [0.717, 1.165) is 51.6 Å². The molecule has 0 radical (unpaired) electrons. The smallest absolute Gasteiger partial charge is 0.191 e. The maximum Gasteiger partial charge on any atom is 0.191 e. The summed E-state index contributed by atoms with van der Waals surface area (Å²) in [5, 5.41) is 6.54. The van der Waals surface area contributed by atoms with Crippen molar-refractivity contribution in [3.63, 3.8) is 0 Å². The summed E-state index contributed by atoms with van der Waals surface area (Å²) in [4.78, 5) is 4.58. The van der Waals surface area contributed by atoms with Crippen LogP contribution >= 0.6 is 24.0 Å². The van der Waals surface area contributed by atoms with Gasteiger partial charge in [-0.1, -0.05) is 13.3 Å². The van der Waals surface area contributed by atoms with Gasteiger partial charge in [-0.25, -0.2) is 0 Å². The molecule has 1 rings (SSSR count). The maximum absolute atomic E-state index is 5.61. The van der Waals surface area contributed by atoms with Gasteiger partial charge < -0.3 is 24.8 Å². The standard InChI is InChI=1S/C17H35N3O3.HI/c1-3-5-11-21-14-15-22-13-10-20-17(18-4-2)19-9-8-16-7-6-12-23-16;/h16H,3-15H2,1-2H3,(H2,18,19,20);1H. The lowest BCUT2D eigenvalue weighted by Gasteiger charge is -2.12. The Balaban J connectivity index is 0.00000529. The summed E-state index contributed by atoms with van der Waals surface area (Å²) in [6, 6.07) is 0. The van der Waals surface area contributed by atoms with Crippen LogP contribution in [-0.2, 0) is 14.2 Å². The van der Waals surface area contributed by atoms with Gasteiger partial charge in [-0.15, -0.1) is 24.0 Å². The van der Waals surface area contributed by atoms with E-state index in [1.165, 1.54) is 19.3 Å². The fourth-order valence-corrected chi connectivity index (χ4v) is 2.34. The van der Waals surface area contributed by atoms with Crippen LogP contribution in [0.5, 0.6) is 0 Å². The van der Waals surface area contributed by atoms with E-state index in [1.807, 2.05) is 0 Å². The Labute approximate surface area is 164 Å². The molecular formula is C17H36IN3O3. The van der Waals surface area contributed by atoms with Crippen molar-refractivity contribution in [3.8, 4) is 0 Å². The fraction of sp³-hybridized carbons (Fsp3) is 0.941. The quantitative estimate of drug-likeness (QED) is 0.193. The van der Waals surface area contributed by atoms with E-state index in [2.05, 4.69) is 29.5 Å². The van der Waals surface area contributed by atoms with Crippen molar-refractivity contribution < 1.29 is 14.2 Å². The minimum absolute atomic E-state index is 0. The first kappa shape index (κ1) is 23.9. The molecular weight excluding hydrogens is 421 g/mol. The van der Waals surface area contributed by atoms with Crippen LogP contribution in [0.25, 0.3) is 0 Å². The van der Waals surface area contributed by atoms with Crippen LogP contribution < -0.4 is 10.6 Å². The Bertz CT molecular complexity index is 301. The summed E-state index contributed by atoms with van der Waals surface area (Å²) in [6.45, 7) is 10.4. The number of aliphatic imine (C=N–C) groups is 1. The Kier molecular flexibility index (Phi) is 17.6. The molecule has 1 fully saturated rings. The lowest BCUT2D eigenvalue weighted by Crippen LogP contribution is -2.39. The second-order valence-electron chi connectivity index (χ2n) is 5.69. The summed E-state index contributed by atoms with van der Waals surface area (Å²) in [5.41, 5.74) is 0. The van der Waals surface area contributed by atoms with E-state index < -0.39 is 0 Å². The molecule has 7 heteroatoms. The Morgan fingerprint density at radius 2 is 1.92 bits per heavy atom. The van der Waals surface area contributed by atoms with Crippen molar-refractivity contribution >= 4 is 29.9 Å². The van der Waals surface area contributed by atoms with Crippen molar-refractivity contribution in [2.24, 2.45) is 4.99 Å². The third kappa shape index (κ3) is 13.2. The number of hydrogen-bond acceptors (Lipinski definition) is 4. The number of ether oxygens (including phenoxy) is 3. The highest BCUT2D eigenvalue weighted by Crippen LogP contribution is 2.14. The van der Waals surface area contributed by atoms with E-state index in [4.69, 9.17) is 14.2 Å². The van der Waals surface area contributed by atoms with E-state index in [0.29, 0.717) is 25.9 Å².